The van der Waals surface area contributed by atoms with Crippen molar-refractivity contribution in [2.75, 3.05) is 31.1 Å². The first-order valence-electron chi connectivity index (χ1n) is 12.8. The van der Waals surface area contributed by atoms with Crippen LogP contribution in [0.2, 0.25) is 0 Å². The van der Waals surface area contributed by atoms with E-state index in [2.05, 4.69) is 43.3 Å². The van der Waals surface area contributed by atoms with E-state index < -0.39 is 0 Å². The molecule has 9 heteroatoms. The number of aromatic hydroxyl groups is 1. The van der Waals surface area contributed by atoms with Gasteiger partial charge in [-0.25, -0.2) is 4.68 Å². The predicted octanol–water partition coefficient (Wildman–Crippen LogP) is 3.56. The van der Waals surface area contributed by atoms with Crippen LogP contribution in [0.3, 0.4) is 0 Å². The minimum atomic E-state index is -0.337. The van der Waals surface area contributed by atoms with Crippen LogP contribution in [0, 0.1) is 6.92 Å². The van der Waals surface area contributed by atoms with E-state index in [1.807, 2.05) is 35.0 Å². The number of aryl methyl sites for hydroxylation is 1. The highest BCUT2D eigenvalue weighted by Crippen LogP contribution is 2.34. The maximum atomic E-state index is 13.5. The molecule has 4 aromatic rings. The second-order valence-corrected chi connectivity index (χ2v) is 10.0. The highest BCUT2D eigenvalue weighted by atomic mass is 16.3. The lowest BCUT2D eigenvalue weighted by molar-refractivity contribution is 0.197. The van der Waals surface area contributed by atoms with Crippen molar-refractivity contribution < 1.29 is 5.11 Å². The van der Waals surface area contributed by atoms with Gasteiger partial charge in [-0.1, -0.05) is 24.5 Å². The third kappa shape index (κ3) is 4.24. The largest absolute Gasteiger partial charge is 0.508 e. The second kappa shape index (κ2) is 9.39. The van der Waals surface area contributed by atoms with E-state index in [1.54, 1.807) is 12.1 Å². The number of phenols is 1. The molecule has 36 heavy (non-hydrogen) atoms. The molecular weight excluding hydrogens is 454 g/mol. The van der Waals surface area contributed by atoms with Gasteiger partial charge in [-0.15, -0.1) is 5.10 Å². The Morgan fingerprint density at radius 2 is 1.75 bits per heavy atom. The molecule has 2 aliphatic rings. The number of rotatable bonds is 5. The molecule has 1 saturated heterocycles. The number of aromatic nitrogens is 5. The summed E-state index contributed by atoms with van der Waals surface area (Å²) >= 11 is 0. The van der Waals surface area contributed by atoms with Crippen LogP contribution >= 0.6 is 0 Å². The number of hydrogen-bond acceptors (Lipinski definition) is 7. The first-order chi connectivity index (χ1) is 17.6. The topological polar surface area (TPSA) is 103 Å². The maximum absolute atomic E-state index is 13.5. The maximum Gasteiger partial charge on any atom is 0.253 e. The summed E-state index contributed by atoms with van der Waals surface area (Å²) in [6.45, 7) is 5.18. The van der Waals surface area contributed by atoms with Crippen molar-refractivity contribution in [1.82, 2.24) is 30.1 Å². The summed E-state index contributed by atoms with van der Waals surface area (Å²) in [6.07, 6.45) is 4.48. The van der Waals surface area contributed by atoms with Crippen molar-refractivity contribution in [3.05, 3.63) is 75.8 Å². The van der Waals surface area contributed by atoms with Gasteiger partial charge in [0.05, 0.1) is 6.04 Å². The van der Waals surface area contributed by atoms with Crippen molar-refractivity contribution in [2.24, 2.45) is 0 Å². The Morgan fingerprint density at radius 3 is 2.50 bits per heavy atom. The fraction of sp³-hybridized carbons (Fsp3) is 0.407. The van der Waals surface area contributed by atoms with Gasteiger partial charge < -0.3 is 15.0 Å². The average Bonchev–Trinajstić information content (AvgIpc) is 3.58. The SMILES string of the molecule is Cc1ccc2[nH]c(=O)c([C@H](c3nnnn3C3CCCC3)N3CCN(c4ccc(O)cc4)CC3)cc2c1. The van der Waals surface area contributed by atoms with Crippen molar-refractivity contribution in [3.63, 3.8) is 0 Å². The number of phenolic OH excluding ortho intramolecular Hbond substituents is 1. The number of fused-ring (bicyclic) bond motifs is 1. The molecule has 1 aliphatic carbocycles. The monoisotopic (exact) mass is 485 g/mol. The van der Waals surface area contributed by atoms with Crippen LogP contribution in [0.4, 0.5) is 5.69 Å². The molecule has 2 N–H and O–H groups in total. The highest BCUT2D eigenvalue weighted by Gasteiger charge is 2.34. The number of H-pyrrole nitrogens is 1. The smallest absolute Gasteiger partial charge is 0.253 e. The van der Waals surface area contributed by atoms with E-state index in [0.29, 0.717) is 5.56 Å². The van der Waals surface area contributed by atoms with E-state index in [4.69, 9.17) is 0 Å². The molecule has 0 amide bonds. The third-order valence-corrected chi connectivity index (χ3v) is 7.65. The fourth-order valence-corrected chi connectivity index (χ4v) is 5.74. The number of benzene rings is 2. The Morgan fingerprint density at radius 1 is 1.00 bits per heavy atom. The molecule has 1 aliphatic heterocycles. The third-order valence-electron chi connectivity index (χ3n) is 7.65. The predicted molar refractivity (Wildman–Crippen MR) is 138 cm³/mol. The summed E-state index contributed by atoms with van der Waals surface area (Å²) in [5, 5.41) is 23.6. The molecule has 0 unspecified atom stereocenters. The lowest BCUT2D eigenvalue weighted by Gasteiger charge is -2.39. The molecular formula is C27H31N7O2. The molecule has 2 aromatic heterocycles. The number of nitrogens with one attached hydrogen (secondary N) is 1. The van der Waals surface area contributed by atoms with Gasteiger partial charge in [0.15, 0.2) is 5.82 Å². The van der Waals surface area contributed by atoms with Crippen molar-refractivity contribution in [3.8, 4) is 5.75 Å². The molecule has 186 valence electrons. The van der Waals surface area contributed by atoms with Crippen LogP contribution in [-0.4, -0.2) is 61.4 Å². The van der Waals surface area contributed by atoms with Crippen molar-refractivity contribution in [2.45, 2.75) is 44.7 Å². The van der Waals surface area contributed by atoms with Crippen LogP contribution in [0.5, 0.6) is 5.75 Å². The summed E-state index contributed by atoms with van der Waals surface area (Å²) in [6, 6.07) is 15.4. The van der Waals surface area contributed by atoms with E-state index in [9.17, 15) is 9.90 Å². The number of anilines is 1. The zero-order chi connectivity index (χ0) is 24.6. The van der Waals surface area contributed by atoms with E-state index in [1.165, 1.54) is 12.8 Å². The van der Waals surface area contributed by atoms with Crippen LogP contribution < -0.4 is 10.5 Å². The highest BCUT2D eigenvalue weighted by molar-refractivity contribution is 5.79. The molecule has 2 fully saturated rings. The second-order valence-electron chi connectivity index (χ2n) is 10.0. The van der Waals surface area contributed by atoms with Crippen LogP contribution in [0.25, 0.3) is 10.9 Å². The van der Waals surface area contributed by atoms with Crippen LogP contribution in [-0.2, 0) is 0 Å². The normalized spacial score (nSPS) is 18.2. The lowest BCUT2D eigenvalue weighted by Crippen LogP contribution is -2.49. The molecule has 0 radical (unpaired) electrons. The Bertz CT molecular complexity index is 1410. The Hall–Kier alpha value is -3.72. The quantitative estimate of drug-likeness (QED) is 0.446. The Labute approximate surface area is 209 Å². The van der Waals surface area contributed by atoms with Crippen molar-refractivity contribution in [1.29, 1.82) is 0 Å². The van der Waals surface area contributed by atoms with Gasteiger partial charge in [-0.3, -0.25) is 9.69 Å². The van der Waals surface area contributed by atoms with Gasteiger partial charge in [0.2, 0.25) is 0 Å². The van der Waals surface area contributed by atoms with E-state index in [-0.39, 0.29) is 23.4 Å². The van der Waals surface area contributed by atoms with Gasteiger partial charge in [0.1, 0.15) is 11.8 Å². The number of hydrogen-bond donors (Lipinski definition) is 2. The lowest BCUT2D eigenvalue weighted by atomic mass is 10.0. The van der Waals surface area contributed by atoms with Gasteiger partial charge in [0.25, 0.3) is 5.56 Å². The molecule has 9 nitrogen and oxygen atoms in total. The van der Waals surface area contributed by atoms with E-state index >= 15 is 0 Å². The molecule has 3 heterocycles. The summed E-state index contributed by atoms with van der Waals surface area (Å²) in [4.78, 5) is 21.2. The molecule has 1 atom stereocenters. The van der Waals surface area contributed by atoms with Crippen LogP contribution in [0.15, 0.2) is 53.3 Å². The van der Waals surface area contributed by atoms with Gasteiger partial charge >= 0.3 is 0 Å². The Balaban J connectivity index is 1.38. The zero-order valence-corrected chi connectivity index (χ0v) is 20.5. The molecule has 0 spiro atoms. The number of piperazine rings is 1. The molecule has 1 saturated carbocycles. The standard InChI is InChI=1S/C27H31N7O2/c1-18-6-11-24-19(16-18)17-23(27(36)28-24)25(26-29-30-31-34(26)21-4-2-3-5-21)33-14-12-32(13-15-33)20-7-9-22(35)10-8-20/h6-11,16-17,21,25,35H,2-5,12-15H2,1H3,(H,28,36)/t25-/m1/s1. The zero-order valence-electron chi connectivity index (χ0n) is 20.5. The minimum absolute atomic E-state index is 0.0988. The molecule has 0 bridgehead atoms. The summed E-state index contributed by atoms with van der Waals surface area (Å²) in [5.41, 5.74) is 3.65. The molecule has 6 rings (SSSR count). The van der Waals surface area contributed by atoms with Gasteiger partial charge in [0, 0.05) is 42.9 Å². The first-order valence-corrected chi connectivity index (χ1v) is 12.8. The van der Waals surface area contributed by atoms with Gasteiger partial charge in [-0.2, -0.15) is 0 Å². The molecule has 2 aromatic carbocycles. The van der Waals surface area contributed by atoms with Crippen LogP contribution in [0.1, 0.15) is 54.7 Å². The minimum Gasteiger partial charge on any atom is -0.508 e. The number of aromatic amines is 1. The average molecular weight is 486 g/mol. The number of tetrazole rings is 1. The van der Waals surface area contributed by atoms with Crippen molar-refractivity contribution >= 4 is 16.6 Å². The number of nitrogens with zero attached hydrogens (tertiary/aromatic N) is 6. The summed E-state index contributed by atoms with van der Waals surface area (Å²) in [7, 11) is 0. The fourth-order valence-electron chi connectivity index (χ4n) is 5.74. The first kappa shape index (κ1) is 22.7. The summed E-state index contributed by atoms with van der Waals surface area (Å²) < 4.78 is 1.98. The Kier molecular flexibility index (Phi) is 5.92. The summed E-state index contributed by atoms with van der Waals surface area (Å²) in [5.74, 6) is 1.01. The number of pyridine rings is 1. The van der Waals surface area contributed by atoms with E-state index in [0.717, 1.165) is 67.0 Å². The van der Waals surface area contributed by atoms with Gasteiger partial charge in [-0.05, 0) is 78.0 Å².